The average Bonchev–Trinajstić information content (AvgIpc) is 3.24. The highest BCUT2D eigenvalue weighted by Gasteiger charge is 2.38. The van der Waals surface area contributed by atoms with Crippen LogP contribution in [-0.2, 0) is 19.2 Å². The molecule has 1 heterocycles. The number of likely N-dealkylation sites (tertiary alicyclic amines) is 1. The summed E-state index contributed by atoms with van der Waals surface area (Å²) in [5, 5.41) is 14.9. The Kier molecular flexibility index (Phi) is 12.6. The van der Waals surface area contributed by atoms with Crippen LogP contribution in [0.5, 0.6) is 0 Å². The Hall–Kier alpha value is -1.85. The van der Waals surface area contributed by atoms with Crippen LogP contribution in [0, 0.1) is 5.92 Å². The SMILES string of the molecule is CSCCC(N)C(=O)NC(C(=O)NC(CCCCN)C(=O)N1CCCC1C(=O)O)C(C)C. The van der Waals surface area contributed by atoms with Crippen LogP contribution >= 0.6 is 11.8 Å². The van der Waals surface area contributed by atoms with E-state index < -0.39 is 47.9 Å². The molecule has 32 heavy (non-hydrogen) atoms. The van der Waals surface area contributed by atoms with Crippen LogP contribution in [0.3, 0.4) is 0 Å². The van der Waals surface area contributed by atoms with Crippen molar-refractivity contribution in [2.45, 2.75) is 76.5 Å². The Labute approximate surface area is 194 Å². The quantitative estimate of drug-likeness (QED) is 0.218. The van der Waals surface area contributed by atoms with Crippen LogP contribution in [0.4, 0.5) is 0 Å². The Morgan fingerprint density at radius 1 is 1.12 bits per heavy atom. The smallest absolute Gasteiger partial charge is 0.326 e. The van der Waals surface area contributed by atoms with Crippen molar-refractivity contribution >= 4 is 35.5 Å². The largest absolute Gasteiger partial charge is 0.480 e. The Morgan fingerprint density at radius 2 is 1.81 bits per heavy atom. The second-order valence-electron chi connectivity index (χ2n) is 8.49. The predicted molar refractivity (Wildman–Crippen MR) is 125 cm³/mol. The van der Waals surface area contributed by atoms with Gasteiger partial charge >= 0.3 is 5.97 Å². The third kappa shape index (κ3) is 8.59. The van der Waals surface area contributed by atoms with Gasteiger partial charge < -0.3 is 32.1 Å². The van der Waals surface area contributed by atoms with Gasteiger partial charge in [0, 0.05) is 6.54 Å². The van der Waals surface area contributed by atoms with Crippen molar-refractivity contribution in [3.63, 3.8) is 0 Å². The van der Waals surface area contributed by atoms with Gasteiger partial charge in [-0.15, -0.1) is 0 Å². The van der Waals surface area contributed by atoms with Crippen molar-refractivity contribution < 1.29 is 24.3 Å². The lowest BCUT2D eigenvalue weighted by molar-refractivity contribution is -0.149. The van der Waals surface area contributed by atoms with E-state index in [0.29, 0.717) is 51.6 Å². The summed E-state index contributed by atoms with van der Waals surface area (Å²) in [6, 6.07) is -3.34. The third-order valence-corrected chi connectivity index (χ3v) is 6.24. The Morgan fingerprint density at radius 3 is 2.38 bits per heavy atom. The summed E-state index contributed by atoms with van der Waals surface area (Å²) in [5.41, 5.74) is 11.5. The van der Waals surface area contributed by atoms with Crippen LogP contribution < -0.4 is 22.1 Å². The summed E-state index contributed by atoms with van der Waals surface area (Å²) in [7, 11) is 0. The first kappa shape index (κ1) is 28.2. The molecule has 184 valence electrons. The molecule has 10 nitrogen and oxygen atoms in total. The van der Waals surface area contributed by atoms with E-state index in [1.54, 1.807) is 25.6 Å². The summed E-state index contributed by atoms with van der Waals surface area (Å²) < 4.78 is 0. The molecule has 0 bridgehead atoms. The molecule has 0 aromatic rings. The number of nitrogens with one attached hydrogen (secondary N) is 2. The monoisotopic (exact) mass is 473 g/mol. The molecule has 4 atom stereocenters. The second kappa shape index (κ2) is 14.3. The molecular formula is C21H39N5O5S. The normalized spacial score (nSPS) is 18.8. The van der Waals surface area contributed by atoms with E-state index in [4.69, 9.17) is 11.5 Å². The number of unbranched alkanes of at least 4 members (excludes halogenated alkanes) is 1. The highest BCUT2D eigenvalue weighted by atomic mass is 32.2. The molecule has 0 radical (unpaired) electrons. The topological polar surface area (TPSA) is 168 Å². The van der Waals surface area contributed by atoms with Crippen LogP contribution in [0.1, 0.15) is 52.4 Å². The van der Waals surface area contributed by atoms with Gasteiger partial charge in [-0.25, -0.2) is 4.79 Å². The van der Waals surface area contributed by atoms with Gasteiger partial charge in [0.1, 0.15) is 18.1 Å². The molecule has 1 aliphatic rings. The zero-order chi connectivity index (χ0) is 24.3. The molecule has 0 aliphatic carbocycles. The highest BCUT2D eigenvalue weighted by molar-refractivity contribution is 7.98. The van der Waals surface area contributed by atoms with E-state index in [1.807, 2.05) is 6.26 Å². The number of carbonyl (C=O) groups is 4. The molecule has 4 unspecified atom stereocenters. The Bertz CT molecular complexity index is 648. The van der Waals surface area contributed by atoms with E-state index in [0.717, 1.165) is 5.75 Å². The maximum atomic E-state index is 13.1. The molecule has 1 aliphatic heterocycles. The number of hydrogen-bond acceptors (Lipinski definition) is 7. The standard InChI is InChI=1S/C21H39N5O5S/c1-13(2)17(25-18(27)14(23)9-12-32-3)19(28)24-15(7-4-5-10-22)20(29)26-11-6-8-16(26)21(30)31/h13-17H,4-12,22-23H2,1-3H3,(H,24,28)(H,25,27)(H,30,31). The van der Waals surface area contributed by atoms with Gasteiger partial charge in [0.2, 0.25) is 17.7 Å². The molecule has 1 rings (SSSR count). The average molecular weight is 474 g/mol. The minimum absolute atomic E-state index is 0.231. The van der Waals surface area contributed by atoms with Gasteiger partial charge in [0.05, 0.1) is 6.04 Å². The highest BCUT2D eigenvalue weighted by Crippen LogP contribution is 2.20. The number of hydrogen-bond donors (Lipinski definition) is 5. The van der Waals surface area contributed by atoms with Gasteiger partial charge in [-0.2, -0.15) is 11.8 Å². The summed E-state index contributed by atoms with van der Waals surface area (Å²) in [4.78, 5) is 51.5. The zero-order valence-corrected chi connectivity index (χ0v) is 20.2. The molecule has 7 N–H and O–H groups in total. The van der Waals surface area contributed by atoms with Gasteiger partial charge in [-0.3, -0.25) is 14.4 Å². The van der Waals surface area contributed by atoms with Gasteiger partial charge in [-0.05, 0) is 63.0 Å². The van der Waals surface area contributed by atoms with E-state index >= 15 is 0 Å². The fourth-order valence-electron chi connectivity index (χ4n) is 3.67. The number of amides is 3. The molecule has 11 heteroatoms. The minimum atomic E-state index is -1.05. The van der Waals surface area contributed by atoms with Crippen molar-refractivity contribution in [3.05, 3.63) is 0 Å². The number of aliphatic carboxylic acids is 1. The lowest BCUT2D eigenvalue weighted by Crippen LogP contribution is -2.58. The first-order valence-corrected chi connectivity index (χ1v) is 12.6. The summed E-state index contributed by atoms with van der Waals surface area (Å²) >= 11 is 1.58. The maximum Gasteiger partial charge on any atom is 0.326 e. The number of thioether (sulfide) groups is 1. The third-order valence-electron chi connectivity index (χ3n) is 5.60. The fraction of sp³-hybridized carbons (Fsp3) is 0.810. The summed E-state index contributed by atoms with van der Waals surface area (Å²) in [6.45, 7) is 4.39. The first-order valence-electron chi connectivity index (χ1n) is 11.2. The minimum Gasteiger partial charge on any atom is -0.480 e. The molecular weight excluding hydrogens is 434 g/mol. The first-order chi connectivity index (χ1) is 15.1. The molecule has 0 aromatic carbocycles. The molecule has 1 saturated heterocycles. The van der Waals surface area contributed by atoms with Crippen LogP contribution in [0.2, 0.25) is 0 Å². The number of nitrogens with zero attached hydrogens (tertiary/aromatic N) is 1. The van der Waals surface area contributed by atoms with Crippen molar-refractivity contribution in [3.8, 4) is 0 Å². The van der Waals surface area contributed by atoms with Crippen molar-refractivity contribution in [1.82, 2.24) is 15.5 Å². The van der Waals surface area contributed by atoms with E-state index in [2.05, 4.69) is 10.6 Å². The Balaban J connectivity index is 2.92. The number of nitrogens with two attached hydrogens (primary N) is 2. The second-order valence-corrected chi connectivity index (χ2v) is 9.48. The van der Waals surface area contributed by atoms with Crippen LogP contribution in [-0.4, -0.2) is 83.0 Å². The molecule has 0 saturated carbocycles. The van der Waals surface area contributed by atoms with Gasteiger partial charge in [0.15, 0.2) is 0 Å². The lowest BCUT2D eigenvalue weighted by atomic mass is 10.0. The molecule has 3 amide bonds. The van der Waals surface area contributed by atoms with Crippen LogP contribution in [0.15, 0.2) is 0 Å². The zero-order valence-electron chi connectivity index (χ0n) is 19.3. The maximum absolute atomic E-state index is 13.1. The van der Waals surface area contributed by atoms with E-state index in [9.17, 15) is 24.3 Å². The van der Waals surface area contributed by atoms with Crippen molar-refractivity contribution in [1.29, 1.82) is 0 Å². The van der Waals surface area contributed by atoms with E-state index in [1.165, 1.54) is 4.90 Å². The molecule has 0 aromatic heterocycles. The number of carboxylic acid groups (broad SMARTS) is 1. The number of carboxylic acids is 1. The predicted octanol–water partition coefficient (Wildman–Crippen LogP) is -0.103. The van der Waals surface area contributed by atoms with Crippen LogP contribution in [0.25, 0.3) is 0 Å². The lowest BCUT2D eigenvalue weighted by Gasteiger charge is -2.30. The van der Waals surface area contributed by atoms with Crippen molar-refractivity contribution in [2.75, 3.05) is 25.1 Å². The van der Waals surface area contributed by atoms with Gasteiger partial charge in [-0.1, -0.05) is 13.8 Å². The number of rotatable bonds is 14. The molecule has 1 fully saturated rings. The van der Waals surface area contributed by atoms with E-state index in [-0.39, 0.29) is 5.92 Å². The summed E-state index contributed by atoms with van der Waals surface area (Å²) in [6.07, 6.45) is 5.04. The van der Waals surface area contributed by atoms with Gasteiger partial charge in [0.25, 0.3) is 0 Å². The fourth-order valence-corrected chi connectivity index (χ4v) is 4.16. The molecule has 0 spiro atoms. The number of carbonyl (C=O) groups excluding carboxylic acids is 3. The van der Waals surface area contributed by atoms with Crippen molar-refractivity contribution in [2.24, 2.45) is 17.4 Å². The summed E-state index contributed by atoms with van der Waals surface area (Å²) in [5.74, 6) is -1.86.